The summed E-state index contributed by atoms with van der Waals surface area (Å²) in [5.41, 5.74) is 7.80. The highest BCUT2D eigenvalue weighted by Crippen LogP contribution is 2.26. The van der Waals surface area contributed by atoms with Gasteiger partial charge in [-0.1, -0.05) is 12.1 Å². The molecule has 0 fully saturated rings. The molecule has 0 atom stereocenters. The standard InChI is InChI=1S/C15H16N2O3S/c1-3-20-15(19)10-7-8-21-14(10)17-13(18)12-9(2)5-4-6-11(12)16/h4-8H,3,16H2,1-2H3,(H,17,18). The Kier molecular flexibility index (Phi) is 4.59. The van der Waals surface area contributed by atoms with Gasteiger partial charge in [0, 0.05) is 5.69 Å². The summed E-state index contributed by atoms with van der Waals surface area (Å²) in [4.78, 5) is 24.1. The van der Waals surface area contributed by atoms with Crippen LogP contribution in [-0.2, 0) is 4.74 Å². The van der Waals surface area contributed by atoms with Crippen molar-refractivity contribution in [1.29, 1.82) is 0 Å². The van der Waals surface area contributed by atoms with Gasteiger partial charge in [-0.15, -0.1) is 11.3 Å². The van der Waals surface area contributed by atoms with Gasteiger partial charge in [0.25, 0.3) is 5.91 Å². The smallest absolute Gasteiger partial charge is 0.341 e. The zero-order valence-corrected chi connectivity index (χ0v) is 12.6. The first-order valence-corrected chi connectivity index (χ1v) is 7.33. The van der Waals surface area contributed by atoms with Gasteiger partial charge in [0.1, 0.15) is 5.00 Å². The lowest BCUT2D eigenvalue weighted by atomic mass is 10.1. The third-order valence-corrected chi connectivity index (χ3v) is 3.75. The average Bonchev–Trinajstić information content (AvgIpc) is 2.87. The van der Waals surface area contributed by atoms with Gasteiger partial charge in [0.05, 0.1) is 17.7 Å². The number of anilines is 2. The molecule has 0 aliphatic rings. The van der Waals surface area contributed by atoms with Crippen molar-refractivity contribution in [3.05, 3.63) is 46.3 Å². The summed E-state index contributed by atoms with van der Waals surface area (Å²) in [5.74, 6) is -0.787. The quantitative estimate of drug-likeness (QED) is 0.672. The molecular weight excluding hydrogens is 288 g/mol. The van der Waals surface area contributed by atoms with Crippen LogP contribution in [0.15, 0.2) is 29.6 Å². The van der Waals surface area contributed by atoms with Crippen molar-refractivity contribution in [2.45, 2.75) is 13.8 Å². The molecule has 0 saturated heterocycles. The summed E-state index contributed by atoms with van der Waals surface area (Å²) < 4.78 is 4.95. The first-order valence-electron chi connectivity index (χ1n) is 6.45. The number of nitrogen functional groups attached to an aromatic ring is 1. The fourth-order valence-electron chi connectivity index (χ4n) is 1.94. The Labute approximate surface area is 126 Å². The highest BCUT2D eigenvalue weighted by Gasteiger charge is 2.18. The highest BCUT2D eigenvalue weighted by molar-refractivity contribution is 7.14. The molecule has 1 aromatic heterocycles. The Balaban J connectivity index is 2.25. The maximum absolute atomic E-state index is 12.3. The predicted molar refractivity (Wildman–Crippen MR) is 83.8 cm³/mol. The fraction of sp³-hybridized carbons (Fsp3) is 0.200. The lowest BCUT2D eigenvalue weighted by molar-refractivity contribution is 0.0528. The number of carbonyl (C=O) groups excluding carboxylic acids is 2. The van der Waals surface area contributed by atoms with Crippen LogP contribution < -0.4 is 11.1 Å². The van der Waals surface area contributed by atoms with E-state index < -0.39 is 5.97 Å². The lowest BCUT2D eigenvalue weighted by Crippen LogP contribution is -2.17. The number of ether oxygens (including phenoxy) is 1. The molecule has 2 rings (SSSR count). The van der Waals surface area contributed by atoms with E-state index in [1.165, 1.54) is 11.3 Å². The molecule has 5 nitrogen and oxygen atoms in total. The van der Waals surface area contributed by atoms with Crippen molar-refractivity contribution < 1.29 is 14.3 Å². The van der Waals surface area contributed by atoms with Crippen molar-refractivity contribution >= 4 is 33.9 Å². The number of thiophene rings is 1. The van der Waals surface area contributed by atoms with Gasteiger partial charge in [-0.3, -0.25) is 4.79 Å². The Morgan fingerprint density at radius 2 is 2.10 bits per heavy atom. The molecule has 0 aliphatic heterocycles. The van der Waals surface area contributed by atoms with Gasteiger partial charge >= 0.3 is 5.97 Å². The van der Waals surface area contributed by atoms with Crippen LogP contribution in [-0.4, -0.2) is 18.5 Å². The minimum absolute atomic E-state index is 0.285. The first kappa shape index (κ1) is 15.1. The monoisotopic (exact) mass is 304 g/mol. The van der Waals surface area contributed by atoms with E-state index in [0.717, 1.165) is 5.56 Å². The van der Waals surface area contributed by atoms with E-state index >= 15 is 0 Å². The van der Waals surface area contributed by atoms with Gasteiger partial charge in [-0.25, -0.2) is 4.79 Å². The number of nitrogens with two attached hydrogens (primary N) is 1. The number of hydrogen-bond donors (Lipinski definition) is 2. The van der Waals surface area contributed by atoms with Crippen molar-refractivity contribution in [1.82, 2.24) is 0 Å². The zero-order valence-electron chi connectivity index (χ0n) is 11.8. The summed E-state index contributed by atoms with van der Waals surface area (Å²) in [6.07, 6.45) is 0. The Hall–Kier alpha value is -2.34. The fourth-order valence-corrected chi connectivity index (χ4v) is 2.71. The first-order chi connectivity index (χ1) is 10.0. The molecule has 0 aliphatic carbocycles. The number of aryl methyl sites for hydroxylation is 1. The van der Waals surface area contributed by atoms with E-state index in [-0.39, 0.29) is 12.5 Å². The largest absolute Gasteiger partial charge is 0.462 e. The molecule has 2 aromatic rings. The van der Waals surface area contributed by atoms with Crippen LogP contribution in [0, 0.1) is 6.92 Å². The Morgan fingerprint density at radius 1 is 1.33 bits per heavy atom. The molecular formula is C15H16N2O3S. The van der Waals surface area contributed by atoms with E-state index in [0.29, 0.717) is 21.8 Å². The van der Waals surface area contributed by atoms with Crippen LogP contribution in [0.4, 0.5) is 10.7 Å². The topological polar surface area (TPSA) is 81.4 Å². The highest BCUT2D eigenvalue weighted by atomic mass is 32.1. The number of rotatable bonds is 4. The minimum Gasteiger partial charge on any atom is -0.462 e. The Morgan fingerprint density at radius 3 is 2.76 bits per heavy atom. The summed E-state index contributed by atoms with van der Waals surface area (Å²) in [7, 11) is 0. The maximum atomic E-state index is 12.3. The Bertz CT molecular complexity index is 659. The number of nitrogens with one attached hydrogen (secondary N) is 1. The van der Waals surface area contributed by atoms with E-state index in [9.17, 15) is 9.59 Å². The van der Waals surface area contributed by atoms with Crippen LogP contribution in [0.1, 0.15) is 33.2 Å². The second kappa shape index (κ2) is 6.41. The molecule has 0 saturated carbocycles. The van der Waals surface area contributed by atoms with E-state index in [4.69, 9.17) is 10.5 Å². The number of benzene rings is 1. The van der Waals surface area contributed by atoms with Crippen molar-refractivity contribution in [3.8, 4) is 0 Å². The van der Waals surface area contributed by atoms with Crippen LogP contribution >= 0.6 is 11.3 Å². The van der Waals surface area contributed by atoms with Gasteiger partial charge in [0.15, 0.2) is 0 Å². The molecule has 0 bridgehead atoms. The molecule has 0 radical (unpaired) electrons. The number of esters is 1. The summed E-state index contributed by atoms with van der Waals surface area (Å²) in [6.45, 7) is 3.83. The van der Waals surface area contributed by atoms with Gasteiger partial charge in [-0.2, -0.15) is 0 Å². The molecule has 6 heteroatoms. The van der Waals surface area contributed by atoms with Gasteiger partial charge in [-0.05, 0) is 36.9 Å². The molecule has 21 heavy (non-hydrogen) atoms. The van der Waals surface area contributed by atoms with Crippen molar-refractivity contribution in [3.63, 3.8) is 0 Å². The third kappa shape index (κ3) is 3.22. The molecule has 0 unspecified atom stereocenters. The van der Waals surface area contributed by atoms with Crippen LogP contribution in [0.3, 0.4) is 0 Å². The van der Waals surface area contributed by atoms with Gasteiger partial charge in [0.2, 0.25) is 0 Å². The minimum atomic E-state index is -0.452. The van der Waals surface area contributed by atoms with Gasteiger partial charge < -0.3 is 15.8 Å². The number of carbonyl (C=O) groups is 2. The normalized spacial score (nSPS) is 10.2. The zero-order chi connectivity index (χ0) is 15.4. The summed E-state index contributed by atoms with van der Waals surface area (Å²) >= 11 is 1.26. The SMILES string of the molecule is CCOC(=O)c1ccsc1NC(=O)c1c(C)cccc1N. The van der Waals surface area contributed by atoms with Crippen LogP contribution in [0.5, 0.6) is 0 Å². The van der Waals surface area contributed by atoms with E-state index in [2.05, 4.69) is 5.32 Å². The molecule has 1 aromatic carbocycles. The molecule has 1 heterocycles. The second-order valence-corrected chi connectivity index (χ2v) is 5.29. The molecule has 1 amide bonds. The third-order valence-electron chi connectivity index (χ3n) is 2.92. The van der Waals surface area contributed by atoms with E-state index in [1.54, 1.807) is 30.5 Å². The molecule has 3 N–H and O–H groups in total. The molecule has 0 spiro atoms. The average molecular weight is 304 g/mol. The van der Waals surface area contributed by atoms with Crippen LogP contribution in [0.2, 0.25) is 0 Å². The van der Waals surface area contributed by atoms with E-state index in [1.807, 2.05) is 13.0 Å². The maximum Gasteiger partial charge on any atom is 0.341 e. The predicted octanol–water partition coefficient (Wildman–Crippen LogP) is 3.07. The lowest BCUT2D eigenvalue weighted by Gasteiger charge is -2.10. The number of hydrogen-bond acceptors (Lipinski definition) is 5. The summed E-state index contributed by atoms with van der Waals surface area (Å²) in [6, 6.07) is 6.89. The number of amides is 1. The second-order valence-electron chi connectivity index (χ2n) is 4.38. The van der Waals surface area contributed by atoms with Crippen molar-refractivity contribution in [2.24, 2.45) is 0 Å². The molecule has 110 valence electrons. The van der Waals surface area contributed by atoms with Crippen molar-refractivity contribution in [2.75, 3.05) is 17.7 Å². The summed E-state index contributed by atoms with van der Waals surface area (Å²) in [5, 5.41) is 4.91. The van der Waals surface area contributed by atoms with Crippen LogP contribution in [0.25, 0.3) is 0 Å².